The molecule has 0 spiro atoms. The summed E-state index contributed by atoms with van der Waals surface area (Å²) >= 11 is 0. The first-order valence-corrected chi connectivity index (χ1v) is 7.55. The van der Waals surface area contributed by atoms with Gasteiger partial charge in [0, 0.05) is 13.1 Å². The van der Waals surface area contributed by atoms with Gasteiger partial charge >= 0.3 is 5.97 Å². The summed E-state index contributed by atoms with van der Waals surface area (Å²) in [5, 5.41) is 0. The maximum atomic E-state index is 13.5. The highest BCUT2D eigenvalue weighted by atomic mass is 19.1. The molecule has 0 bridgehead atoms. The van der Waals surface area contributed by atoms with E-state index in [1.54, 1.807) is 6.07 Å². The lowest BCUT2D eigenvalue weighted by molar-refractivity contribution is -0.154. The molecule has 0 N–H and O–H groups in total. The van der Waals surface area contributed by atoms with Gasteiger partial charge in [0.05, 0.1) is 7.11 Å². The lowest BCUT2D eigenvalue weighted by atomic mass is 10.00. The number of hydrogen-bond donors (Lipinski definition) is 0. The zero-order valence-corrected chi connectivity index (χ0v) is 13.8. The number of benzene rings is 2. The van der Waals surface area contributed by atoms with Gasteiger partial charge in [-0.1, -0.05) is 42.5 Å². The molecule has 0 radical (unpaired) electrons. The van der Waals surface area contributed by atoms with Crippen molar-refractivity contribution in [2.75, 3.05) is 7.11 Å². The molecule has 3 nitrogen and oxygen atoms in total. The fourth-order valence-electron chi connectivity index (χ4n) is 2.49. The van der Waals surface area contributed by atoms with E-state index in [2.05, 4.69) is 0 Å². The molecule has 0 unspecified atom stereocenters. The first-order valence-electron chi connectivity index (χ1n) is 7.55. The van der Waals surface area contributed by atoms with Crippen LogP contribution in [0.3, 0.4) is 0 Å². The largest absolute Gasteiger partial charge is 0.468 e. The van der Waals surface area contributed by atoms with Crippen LogP contribution in [0.15, 0.2) is 54.6 Å². The van der Waals surface area contributed by atoms with Gasteiger partial charge in [0.1, 0.15) is 11.4 Å². The molecule has 0 saturated carbocycles. The highest BCUT2D eigenvalue weighted by Crippen LogP contribution is 2.23. The first kappa shape index (κ1) is 17.2. The summed E-state index contributed by atoms with van der Waals surface area (Å²) in [5.74, 6) is -0.595. The van der Waals surface area contributed by atoms with E-state index in [1.165, 1.54) is 19.2 Å². The molecule has 0 aromatic heterocycles. The van der Waals surface area contributed by atoms with Crippen LogP contribution < -0.4 is 0 Å². The van der Waals surface area contributed by atoms with Crippen LogP contribution in [-0.4, -0.2) is 23.5 Å². The van der Waals surface area contributed by atoms with Crippen LogP contribution in [0.4, 0.5) is 4.39 Å². The second kappa shape index (κ2) is 7.38. The Bertz CT molecular complexity index is 655. The molecule has 0 atom stereocenters. The minimum Gasteiger partial charge on any atom is -0.468 e. The van der Waals surface area contributed by atoms with Crippen molar-refractivity contribution in [1.29, 1.82) is 0 Å². The summed E-state index contributed by atoms with van der Waals surface area (Å²) < 4.78 is 18.4. The smallest absolute Gasteiger partial charge is 0.325 e. The molecule has 0 saturated heterocycles. The Morgan fingerprint density at radius 1 is 1.04 bits per heavy atom. The van der Waals surface area contributed by atoms with Crippen molar-refractivity contribution in [2.24, 2.45) is 0 Å². The van der Waals surface area contributed by atoms with Crippen molar-refractivity contribution in [3.8, 4) is 0 Å². The van der Waals surface area contributed by atoms with E-state index in [0.29, 0.717) is 13.1 Å². The zero-order valence-electron chi connectivity index (χ0n) is 13.8. The fourth-order valence-corrected chi connectivity index (χ4v) is 2.49. The number of methoxy groups -OCH3 is 1. The van der Waals surface area contributed by atoms with E-state index in [9.17, 15) is 9.18 Å². The number of carbonyl (C=O) groups is 1. The van der Waals surface area contributed by atoms with E-state index in [-0.39, 0.29) is 11.8 Å². The molecule has 2 aromatic rings. The van der Waals surface area contributed by atoms with Crippen molar-refractivity contribution in [3.05, 3.63) is 71.5 Å². The Morgan fingerprint density at radius 3 is 2.26 bits per heavy atom. The number of esters is 1. The number of carbonyl (C=O) groups excluding carboxylic acids is 1. The third-order valence-electron chi connectivity index (χ3n) is 3.95. The van der Waals surface area contributed by atoms with Crippen molar-refractivity contribution in [2.45, 2.75) is 32.5 Å². The second-order valence-electron chi connectivity index (χ2n) is 6.02. The SMILES string of the molecule is COC(=O)C(C)(C)N(Cc1ccccc1)Cc1cccc(F)c1. The van der Waals surface area contributed by atoms with Crippen LogP contribution in [0.1, 0.15) is 25.0 Å². The second-order valence-corrected chi connectivity index (χ2v) is 6.02. The molecule has 122 valence electrons. The molecule has 23 heavy (non-hydrogen) atoms. The lowest BCUT2D eigenvalue weighted by Gasteiger charge is -2.36. The van der Waals surface area contributed by atoms with Crippen LogP contribution in [0.25, 0.3) is 0 Å². The Morgan fingerprint density at radius 2 is 1.65 bits per heavy atom. The predicted molar refractivity (Wildman–Crippen MR) is 88.2 cm³/mol. The van der Waals surface area contributed by atoms with Gasteiger partial charge in [-0.15, -0.1) is 0 Å². The monoisotopic (exact) mass is 315 g/mol. The quantitative estimate of drug-likeness (QED) is 0.760. The molecule has 0 fully saturated rings. The molecule has 0 aliphatic carbocycles. The van der Waals surface area contributed by atoms with Gasteiger partial charge in [0.2, 0.25) is 0 Å². The predicted octanol–water partition coefficient (Wildman–Crippen LogP) is 3.78. The Balaban J connectivity index is 2.29. The van der Waals surface area contributed by atoms with E-state index in [1.807, 2.05) is 55.1 Å². The highest BCUT2D eigenvalue weighted by molar-refractivity contribution is 5.79. The van der Waals surface area contributed by atoms with Crippen molar-refractivity contribution < 1.29 is 13.9 Å². The standard InChI is InChI=1S/C19H22FNO2/c1-19(2,18(22)23-3)21(13-15-8-5-4-6-9-15)14-16-10-7-11-17(20)12-16/h4-12H,13-14H2,1-3H3. The maximum Gasteiger partial charge on any atom is 0.325 e. The lowest BCUT2D eigenvalue weighted by Crippen LogP contribution is -2.49. The first-order chi connectivity index (χ1) is 10.9. The van der Waals surface area contributed by atoms with Gasteiger partial charge in [0.25, 0.3) is 0 Å². The van der Waals surface area contributed by atoms with E-state index >= 15 is 0 Å². The van der Waals surface area contributed by atoms with Crippen molar-refractivity contribution in [1.82, 2.24) is 4.90 Å². The van der Waals surface area contributed by atoms with E-state index in [4.69, 9.17) is 4.74 Å². The van der Waals surface area contributed by atoms with Gasteiger partial charge in [-0.05, 0) is 37.1 Å². The number of halogens is 1. The van der Waals surface area contributed by atoms with Gasteiger partial charge < -0.3 is 4.74 Å². The number of nitrogens with zero attached hydrogens (tertiary/aromatic N) is 1. The van der Waals surface area contributed by atoms with E-state index < -0.39 is 5.54 Å². The summed E-state index contributed by atoms with van der Waals surface area (Å²) in [4.78, 5) is 14.2. The van der Waals surface area contributed by atoms with Crippen molar-refractivity contribution in [3.63, 3.8) is 0 Å². The van der Waals surface area contributed by atoms with Crippen LogP contribution in [0, 0.1) is 5.82 Å². The minimum absolute atomic E-state index is 0.280. The van der Waals surface area contributed by atoms with Gasteiger partial charge in [0.15, 0.2) is 0 Å². The maximum absolute atomic E-state index is 13.5. The van der Waals surface area contributed by atoms with E-state index in [0.717, 1.165) is 11.1 Å². The molecule has 2 aromatic carbocycles. The van der Waals surface area contributed by atoms with Gasteiger partial charge in [-0.3, -0.25) is 9.69 Å². The summed E-state index contributed by atoms with van der Waals surface area (Å²) in [5.41, 5.74) is 1.08. The Hall–Kier alpha value is -2.20. The molecule has 4 heteroatoms. The van der Waals surface area contributed by atoms with Gasteiger partial charge in [-0.25, -0.2) is 4.39 Å². The summed E-state index contributed by atoms with van der Waals surface area (Å²) in [6.07, 6.45) is 0. The molecule has 0 aliphatic heterocycles. The van der Waals surface area contributed by atoms with Crippen LogP contribution in [0.5, 0.6) is 0 Å². The van der Waals surface area contributed by atoms with Crippen molar-refractivity contribution >= 4 is 5.97 Å². The zero-order chi connectivity index (χ0) is 16.9. The minimum atomic E-state index is -0.823. The number of hydrogen-bond acceptors (Lipinski definition) is 3. The normalized spacial score (nSPS) is 11.5. The fraction of sp³-hybridized carbons (Fsp3) is 0.316. The molecule has 0 aliphatic rings. The Labute approximate surface area is 136 Å². The highest BCUT2D eigenvalue weighted by Gasteiger charge is 2.35. The van der Waals surface area contributed by atoms with Crippen LogP contribution in [0.2, 0.25) is 0 Å². The number of rotatable bonds is 6. The van der Waals surface area contributed by atoms with Crippen LogP contribution >= 0.6 is 0 Å². The molecule has 0 heterocycles. The summed E-state index contributed by atoms with van der Waals surface area (Å²) in [6.45, 7) is 4.66. The Kier molecular flexibility index (Phi) is 5.50. The van der Waals surface area contributed by atoms with Gasteiger partial charge in [-0.2, -0.15) is 0 Å². The third-order valence-corrected chi connectivity index (χ3v) is 3.95. The average molecular weight is 315 g/mol. The molecular formula is C19H22FNO2. The topological polar surface area (TPSA) is 29.5 Å². The molecular weight excluding hydrogens is 293 g/mol. The number of ether oxygens (including phenoxy) is 1. The average Bonchev–Trinajstić information content (AvgIpc) is 2.54. The van der Waals surface area contributed by atoms with Crippen LogP contribution in [-0.2, 0) is 22.6 Å². The molecule has 2 rings (SSSR count). The summed E-state index contributed by atoms with van der Waals surface area (Å²) in [7, 11) is 1.38. The third kappa shape index (κ3) is 4.39. The molecule has 0 amide bonds. The summed E-state index contributed by atoms with van der Waals surface area (Å²) in [6, 6.07) is 16.3.